The first-order valence-corrected chi connectivity index (χ1v) is 8.68. The molecule has 0 radical (unpaired) electrons. The van der Waals surface area contributed by atoms with Crippen molar-refractivity contribution >= 4 is 12.1 Å². The molecular weight excluding hydrogens is 312 g/mol. The van der Waals surface area contributed by atoms with E-state index in [1.54, 1.807) is 6.20 Å². The maximum Gasteiger partial charge on any atom is 0.317 e. The molecule has 1 aliphatic heterocycles. The SMILES string of the molecule is O=C(NCc1ccccn1)N1CCN(C/C=C/c2ccccc2)CC1. The van der Waals surface area contributed by atoms with Crippen molar-refractivity contribution in [1.29, 1.82) is 0 Å². The summed E-state index contributed by atoms with van der Waals surface area (Å²) in [5.41, 5.74) is 2.09. The zero-order valence-corrected chi connectivity index (χ0v) is 14.3. The van der Waals surface area contributed by atoms with E-state index in [4.69, 9.17) is 0 Å². The summed E-state index contributed by atoms with van der Waals surface area (Å²) in [6.07, 6.45) is 6.07. The second-order valence-electron chi connectivity index (χ2n) is 6.08. The largest absolute Gasteiger partial charge is 0.332 e. The Morgan fingerprint density at radius 2 is 1.80 bits per heavy atom. The van der Waals surface area contributed by atoms with Crippen molar-refractivity contribution in [3.8, 4) is 0 Å². The number of amides is 2. The maximum atomic E-state index is 12.2. The number of aromatic nitrogens is 1. The van der Waals surface area contributed by atoms with E-state index in [9.17, 15) is 4.79 Å². The normalized spacial score (nSPS) is 15.4. The highest BCUT2D eigenvalue weighted by atomic mass is 16.2. The van der Waals surface area contributed by atoms with Crippen LogP contribution in [0.2, 0.25) is 0 Å². The number of nitrogens with one attached hydrogen (secondary N) is 1. The summed E-state index contributed by atoms with van der Waals surface area (Å²) in [5.74, 6) is 0. The van der Waals surface area contributed by atoms with E-state index < -0.39 is 0 Å². The van der Waals surface area contributed by atoms with E-state index in [0.717, 1.165) is 38.4 Å². The fraction of sp³-hybridized carbons (Fsp3) is 0.300. The van der Waals surface area contributed by atoms with Crippen molar-refractivity contribution in [3.63, 3.8) is 0 Å². The van der Waals surface area contributed by atoms with Crippen LogP contribution in [0.3, 0.4) is 0 Å². The molecule has 1 aromatic carbocycles. The Morgan fingerprint density at radius 3 is 2.52 bits per heavy atom. The molecule has 0 saturated carbocycles. The van der Waals surface area contributed by atoms with Crippen LogP contribution in [-0.2, 0) is 6.54 Å². The number of pyridine rings is 1. The fourth-order valence-electron chi connectivity index (χ4n) is 2.82. The van der Waals surface area contributed by atoms with Gasteiger partial charge >= 0.3 is 6.03 Å². The summed E-state index contributed by atoms with van der Waals surface area (Å²) in [6, 6.07) is 16.0. The van der Waals surface area contributed by atoms with Crippen molar-refractivity contribution in [2.45, 2.75) is 6.54 Å². The molecule has 5 heteroatoms. The highest BCUT2D eigenvalue weighted by Gasteiger charge is 2.20. The molecule has 0 bridgehead atoms. The minimum Gasteiger partial charge on any atom is -0.332 e. The van der Waals surface area contributed by atoms with Crippen LogP contribution in [0.1, 0.15) is 11.3 Å². The van der Waals surface area contributed by atoms with Gasteiger partial charge in [-0.1, -0.05) is 48.6 Å². The third-order valence-corrected chi connectivity index (χ3v) is 4.28. The van der Waals surface area contributed by atoms with Gasteiger partial charge in [0, 0.05) is 38.9 Å². The molecule has 130 valence electrons. The zero-order chi connectivity index (χ0) is 17.3. The summed E-state index contributed by atoms with van der Waals surface area (Å²) >= 11 is 0. The number of piperazine rings is 1. The lowest BCUT2D eigenvalue weighted by molar-refractivity contribution is 0.146. The van der Waals surface area contributed by atoms with E-state index in [2.05, 4.69) is 39.5 Å². The average molecular weight is 336 g/mol. The van der Waals surface area contributed by atoms with Crippen molar-refractivity contribution in [2.75, 3.05) is 32.7 Å². The first-order chi connectivity index (χ1) is 12.3. The third-order valence-electron chi connectivity index (χ3n) is 4.28. The summed E-state index contributed by atoms with van der Waals surface area (Å²) in [7, 11) is 0. The van der Waals surface area contributed by atoms with Gasteiger partial charge in [-0.05, 0) is 17.7 Å². The smallest absolute Gasteiger partial charge is 0.317 e. The lowest BCUT2D eigenvalue weighted by Gasteiger charge is -2.34. The van der Waals surface area contributed by atoms with Crippen LogP contribution in [0.4, 0.5) is 4.79 Å². The monoisotopic (exact) mass is 336 g/mol. The zero-order valence-electron chi connectivity index (χ0n) is 14.3. The predicted molar refractivity (Wildman–Crippen MR) is 100.0 cm³/mol. The molecule has 2 heterocycles. The number of hydrogen-bond donors (Lipinski definition) is 1. The lowest BCUT2D eigenvalue weighted by Crippen LogP contribution is -2.51. The number of benzene rings is 1. The van der Waals surface area contributed by atoms with Crippen molar-refractivity contribution in [3.05, 3.63) is 72.1 Å². The number of hydrogen-bond acceptors (Lipinski definition) is 3. The molecule has 0 aliphatic carbocycles. The maximum absolute atomic E-state index is 12.2. The quantitative estimate of drug-likeness (QED) is 0.913. The Kier molecular flexibility index (Phi) is 6.17. The number of nitrogens with zero attached hydrogens (tertiary/aromatic N) is 3. The standard InChI is InChI=1S/C20H24N4O/c25-20(22-17-19-10-4-5-11-21-19)24-15-13-23(14-16-24)12-6-9-18-7-2-1-3-8-18/h1-11H,12-17H2,(H,22,25)/b9-6+. The number of carbonyl (C=O) groups excluding carboxylic acids is 1. The second kappa shape index (κ2) is 8.99. The van der Waals surface area contributed by atoms with E-state index in [-0.39, 0.29) is 6.03 Å². The number of carbonyl (C=O) groups is 1. The molecule has 2 amide bonds. The van der Waals surface area contributed by atoms with Crippen LogP contribution in [0, 0.1) is 0 Å². The minimum atomic E-state index is -0.00914. The van der Waals surface area contributed by atoms with Crippen molar-refractivity contribution < 1.29 is 4.79 Å². The van der Waals surface area contributed by atoms with Crippen LogP contribution in [0.5, 0.6) is 0 Å². The van der Waals surface area contributed by atoms with Crippen LogP contribution in [-0.4, -0.2) is 53.5 Å². The molecule has 1 N–H and O–H groups in total. The van der Waals surface area contributed by atoms with Crippen LogP contribution in [0.15, 0.2) is 60.8 Å². The first kappa shape index (κ1) is 17.2. The van der Waals surface area contributed by atoms with Crippen molar-refractivity contribution in [1.82, 2.24) is 20.1 Å². The Hall–Kier alpha value is -2.66. The Bertz CT molecular complexity index is 679. The van der Waals surface area contributed by atoms with Gasteiger partial charge in [-0.3, -0.25) is 9.88 Å². The molecule has 3 rings (SSSR count). The molecule has 1 aromatic heterocycles. The van der Waals surface area contributed by atoms with Crippen LogP contribution in [0.25, 0.3) is 6.08 Å². The van der Waals surface area contributed by atoms with E-state index in [1.165, 1.54) is 5.56 Å². The van der Waals surface area contributed by atoms with Gasteiger partial charge in [0.05, 0.1) is 12.2 Å². The van der Waals surface area contributed by atoms with Gasteiger partial charge in [0.1, 0.15) is 0 Å². The lowest BCUT2D eigenvalue weighted by atomic mass is 10.2. The summed E-state index contributed by atoms with van der Waals surface area (Å²) < 4.78 is 0. The van der Waals surface area contributed by atoms with Gasteiger partial charge in [-0.2, -0.15) is 0 Å². The summed E-state index contributed by atoms with van der Waals surface area (Å²) in [5, 5.41) is 2.94. The van der Waals surface area contributed by atoms with Crippen LogP contribution < -0.4 is 5.32 Å². The molecule has 2 aromatic rings. The Balaban J connectivity index is 1.38. The summed E-state index contributed by atoms with van der Waals surface area (Å²) in [6.45, 7) is 4.70. The molecule has 0 spiro atoms. The Morgan fingerprint density at radius 1 is 1.04 bits per heavy atom. The topological polar surface area (TPSA) is 48.5 Å². The van der Waals surface area contributed by atoms with Gasteiger partial charge in [0.2, 0.25) is 0 Å². The first-order valence-electron chi connectivity index (χ1n) is 8.68. The molecule has 1 aliphatic rings. The van der Waals surface area contributed by atoms with E-state index in [0.29, 0.717) is 6.54 Å². The van der Waals surface area contributed by atoms with Gasteiger partial charge in [-0.25, -0.2) is 4.79 Å². The van der Waals surface area contributed by atoms with Gasteiger partial charge in [0.15, 0.2) is 0 Å². The van der Waals surface area contributed by atoms with E-state index in [1.807, 2.05) is 41.3 Å². The van der Waals surface area contributed by atoms with Gasteiger partial charge < -0.3 is 10.2 Å². The summed E-state index contributed by atoms with van der Waals surface area (Å²) in [4.78, 5) is 20.7. The molecule has 1 fully saturated rings. The third kappa shape index (κ3) is 5.43. The molecule has 0 unspecified atom stereocenters. The van der Waals surface area contributed by atoms with Gasteiger partial charge in [-0.15, -0.1) is 0 Å². The van der Waals surface area contributed by atoms with E-state index >= 15 is 0 Å². The Labute approximate surface area is 149 Å². The van der Waals surface area contributed by atoms with Gasteiger partial charge in [0.25, 0.3) is 0 Å². The highest BCUT2D eigenvalue weighted by Crippen LogP contribution is 2.05. The molecule has 0 atom stereocenters. The minimum absolute atomic E-state index is 0.00914. The van der Waals surface area contributed by atoms with Crippen LogP contribution >= 0.6 is 0 Å². The molecular formula is C20H24N4O. The predicted octanol–water partition coefficient (Wildman–Crippen LogP) is 2.62. The van der Waals surface area contributed by atoms with Crippen molar-refractivity contribution in [2.24, 2.45) is 0 Å². The number of urea groups is 1. The fourth-order valence-corrected chi connectivity index (χ4v) is 2.82. The molecule has 25 heavy (non-hydrogen) atoms. The second-order valence-corrected chi connectivity index (χ2v) is 6.08. The average Bonchev–Trinajstić information content (AvgIpc) is 2.68. The number of rotatable bonds is 5. The molecule has 5 nitrogen and oxygen atoms in total. The molecule has 1 saturated heterocycles. The highest BCUT2D eigenvalue weighted by molar-refractivity contribution is 5.74.